The fourth-order valence-corrected chi connectivity index (χ4v) is 2.57. The first-order valence-corrected chi connectivity index (χ1v) is 9.41. The van der Waals surface area contributed by atoms with Gasteiger partial charge in [0.05, 0.1) is 6.54 Å². The molecule has 1 atom stereocenters. The Kier molecular flexibility index (Phi) is 7.26. The molecule has 2 aromatic rings. The highest BCUT2D eigenvalue weighted by Gasteiger charge is 2.19. The summed E-state index contributed by atoms with van der Waals surface area (Å²) in [4.78, 5) is 36.3. The van der Waals surface area contributed by atoms with Crippen LogP contribution in [0.1, 0.15) is 43.6 Å². The molecule has 0 radical (unpaired) electrons. The Morgan fingerprint density at radius 2 is 1.60 bits per heavy atom. The van der Waals surface area contributed by atoms with Crippen LogP contribution in [-0.2, 0) is 15.0 Å². The van der Waals surface area contributed by atoms with Gasteiger partial charge in [-0.05, 0) is 42.2 Å². The van der Waals surface area contributed by atoms with Crippen molar-refractivity contribution in [2.45, 2.75) is 39.2 Å². The van der Waals surface area contributed by atoms with Crippen molar-refractivity contribution < 1.29 is 23.2 Å². The summed E-state index contributed by atoms with van der Waals surface area (Å²) in [6, 6.07) is 9.15. The van der Waals surface area contributed by atoms with Crippen molar-refractivity contribution in [3.8, 4) is 0 Å². The number of hydrogen-bond donors (Lipinski definition) is 3. The van der Waals surface area contributed by atoms with E-state index < -0.39 is 41.9 Å². The first-order chi connectivity index (χ1) is 14.0. The summed E-state index contributed by atoms with van der Waals surface area (Å²) in [5.74, 6) is -3.72. The zero-order valence-corrected chi connectivity index (χ0v) is 17.3. The Morgan fingerprint density at radius 1 is 0.967 bits per heavy atom. The Labute approximate surface area is 174 Å². The van der Waals surface area contributed by atoms with Gasteiger partial charge in [0.2, 0.25) is 11.8 Å². The van der Waals surface area contributed by atoms with Gasteiger partial charge in [0.25, 0.3) is 5.91 Å². The van der Waals surface area contributed by atoms with Crippen molar-refractivity contribution in [3.63, 3.8) is 0 Å². The van der Waals surface area contributed by atoms with Gasteiger partial charge in [0.1, 0.15) is 6.04 Å². The van der Waals surface area contributed by atoms with Gasteiger partial charge in [-0.2, -0.15) is 0 Å². The minimum atomic E-state index is -1.09. The van der Waals surface area contributed by atoms with Gasteiger partial charge in [-0.1, -0.05) is 32.9 Å². The smallest absolute Gasteiger partial charge is 0.251 e. The third-order valence-electron chi connectivity index (χ3n) is 4.38. The van der Waals surface area contributed by atoms with E-state index in [1.165, 1.54) is 13.0 Å². The van der Waals surface area contributed by atoms with E-state index in [0.29, 0.717) is 5.56 Å². The van der Waals surface area contributed by atoms with Crippen LogP contribution in [-0.4, -0.2) is 30.3 Å². The first-order valence-electron chi connectivity index (χ1n) is 9.41. The molecule has 30 heavy (non-hydrogen) atoms. The highest BCUT2D eigenvalue weighted by molar-refractivity contribution is 5.99. The number of anilines is 1. The predicted molar refractivity (Wildman–Crippen MR) is 110 cm³/mol. The molecular weight excluding hydrogens is 392 g/mol. The molecule has 0 fully saturated rings. The van der Waals surface area contributed by atoms with Gasteiger partial charge >= 0.3 is 0 Å². The Hall–Kier alpha value is -3.29. The van der Waals surface area contributed by atoms with Gasteiger partial charge in [-0.25, -0.2) is 8.78 Å². The summed E-state index contributed by atoms with van der Waals surface area (Å²) in [7, 11) is 0. The highest BCUT2D eigenvalue weighted by Crippen LogP contribution is 2.22. The Morgan fingerprint density at radius 3 is 2.17 bits per heavy atom. The molecule has 2 aromatic carbocycles. The molecular formula is C22H25F2N3O3. The molecule has 0 aliphatic carbocycles. The van der Waals surface area contributed by atoms with Gasteiger partial charge in [0.15, 0.2) is 11.6 Å². The van der Waals surface area contributed by atoms with E-state index in [1.807, 2.05) is 12.1 Å². The predicted octanol–water partition coefficient (Wildman–Crippen LogP) is 3.14. The summed E-state index contributed by atoms with van der Waals surface area (Å²) in [6.45, 7) is 7.30. The van der Waals surface area contributed by atoms with Gasteiger partial charge in [-0.3, -0.25) is 14.4 Å². The van der Waals surface area contributed by atoms with Crippen molar-refractivity contribution in [2.24, 2.45) is 0 Å². The molecule has 0 aromatic heterocycles. The van der Waals surface area contributed by atoms with Crippen molar-refractivity contribution in [1.82, 2.24) is 10.6 Å². The lowest BCUT2D eigenvalue weighted by Crippen LogP contribution is -2.46. The molecule has 0 aliphatic heterocycles. The van der Waals surface area contributed by atoms with E-state index >= 15 is 0 Å². The van der Waals surface area contributed by atoms with Crippen LogP contribution in [0.25, 0.3) is 0 Å². The van der Waals surface area contributed by atoms with E-state index in [9.17, 15) is 23.2 Å². The zero-order chi connectivity index (χ0) is 22.5. The molecule has 3 N–H and O–H groups in total. The highest BCUT2D eigenvalue weighted by atomic mass is 19.2. The van der Waals surface area contributed by atoms with Crippen LogP contribution in [0.4, 0.5) is 14.5 Å². The second kappa shape index (κ2) is 9.47. The molecule has 0 aliphatic rings. The largest absolute Gasteiger partial charge is 0.345 e. The van der Waals surface area contributed by atoms with Crippen LogP contribution in [0.5, 0.6) is 0 Å². The van der Waals surface area contributed by atoms with Crippen molar-refractivity contribution in [2.75, 3.05) is 11.9 Å². The van der Waals surface area contributed by atoms with Gasteiger partial charge in [-0.15, -0.1) is 0 Å². The molecule has 2 rings (SSSR count). The normalized spacial score (nSPS) is 12.1. The second-order valence-corrected chi connectivity index (χ2v) is 7.92. The van der Waals surface area contributed by atoms with Crippen LogP contribution >= 0.6 is 0 Å². The zero-order valence-electron chi connectivity index (χ0n) is 17.3. The van der Waals surface area contributed by atoms with Gasteiger partial charge in [0, 0.05) is 17.3 Å². The third kappa shape index (κ3) is 6.37. The van der Waals surface area contributed by atoms with Crippen LogP contribution < -0.4 is 16.0 Å². The molecule has 0 bridgehead atoms. The average Bonchev–Trinajstić information content (AvgIpc) is 2.68. The van der Waals surface area contributed by atoms with Gasteiger partial charge < -0.3 is 16.0 Å². The summed E-state index contributed by atoms with van der Waals surface area (Å²) >= 11 is 0. The topological polar surface area (TPSA) is 87.3 Å². The maximum absolute atomic E-state index is 13.2. The molecule has 0 saturated carbocycles. The molecule has 6 nitrogen and oxygen atoms in total. The SMILES string of the molecule is CC(NC(=O)c1ccc(C(C)(C)C)cc1)C(=O)NCC(=O)Nc1ccc(F)c(F)c1. The van der Waals surface area contributed by atoms with Crippen molar-refractivity contribution in [3.05, 3.63) is 65.2 Å². The summed E-state index contributed by atoms with van der Waals surface area (Å²) in [5, 5.41) is 7.29. The minimum Gasteiger partial charge on any atom is -0.345 e. The van der Waals surface area contributed by atoms with Crippen LogP contribution in [0.2, 0.25) is 0 Å². The maximum Gasteiger partial charge on any atom is 0.251 e. The second-order valence-electron chi connectivity index (χ2n) is 7.92. The summed E-state index contributed by atoms with van der Waals surface area (Å²) in [6.07, 6.45) is 0. The summed E-state index contributed by atoms with van der Waals surface area (Å²) < 4.78 is 26.1. The number of rotatable bonds is 6. The van der Waals surface area contributed by atoms with Crippen LogP contribution in [0, 0.1) is 11.6 Å². The number of halogens is 2. The molecule has 160 valence electrons. The van der Waals surface area contributed by atoms with Crippen LogP contribution in [0.15, 0.2) is 42.5 Å². The summed E-state index contributed by atoms with van der Waals surface area (Å²) in [5.41, 5.74) is 1.52. The van der Waals surface area contributed by atoms with Crippen molar-refractivity contribution >= 4 is 23.4 Å². The Balaban J connectivity index is 1.84. The van der Waals surface area contributed by atoms with E-state index in [2.05, 4.69) is 36.7 Å². The lowest BCUT2D eigenvalue weighted by atomic mass is 9.86. The molecule has 0 spiro atoms. The van der Waals surface area contributed by atoms with E-state index in [4.69, 9.17) is 0 Å². The molecule has 0 saturated heterocycles. The van der Waals surface area contributed by atoms with Crippen LogP contribution in [0.3, 0.4) is 0 Å². The lowest BCUT2D eigenvalue weighted by Gasteiger charge is -2.19. The van der Waals surface area contributed by atoms with E-state index in [0.717, 1.165) is 17.7 Å². The quantitative estimate of drug-likeness (QED) is 0.675. The fraction of sp³-hybridized carbons (Fsp3) is 0.318. The van der Waals surface area contributed by atoms with Crippen molar-refractivity contribution in [1.29, 1.82) is 0 Å². The fourth-order valence-electron chi connectivity index (χ4n) is 2.57. The number of nitrogens with one attached hydrogen (secondary N) is 3. The molecule has 8 heteroatoms. The molecule has 1 unspecified atom stereocenters. The van der Waals surface area contributed by atoms with E-state index in [1.54, 1.807) is 12.1 Å². The number of amides is 3. The minimum absolute atomic E-state index is 0.0392. The Bertz CT molecular complexity index is 938. The van der Waals surface area contributed by atoms with E-state index in [-0.39, 0.29) is 11.1 Å². The third-order valence-corrected chi connectivity index (χ3v) is 4.38. The molecule has 0 heterocycles. The average molecular weight is 417 g/mol. The monoisotopic (exact) mass is 417 g/mol. The number of carbonyl (C=O) groups is 3. The first kappa shape index (κ1) is 23.0. The lowest BCUT2D eigenvalue weighted by molar-refractivity contribution is -0.125. The maximum atomic E-state index is 13.2. The standard InChI is InChI=1S/C22H25F2N3O3/c1-13(26-21(30)14-5-7-15(8-6-14)22(2,3)4)20(29)25-12-19(28)27-16-9-10-17(23)18(24)11-16/h5-11,13H,12H2,1-4H3,(H,25,29)(H,26,30)(H,27,28). The number of carbonyl (C=O) groups excluding carboxylic acids is 3. The molecule has 3 amide bonds. The number of hydrogen-bond acceptors (Lipinski definition) is 3. The number of benzene rings is 2.